The van der Waals surface area contributed by atoms with Crippen LogP contribution in [0, 0.1) is 0 Å². The lowest BCUT2D eigenvalue weighted by Crippen LogP contribution is -2.35. The van der Waals surface area contributed by atoms with Crippen molar-refractivity contribution < 1.29 is 32.7 Å². The molecule has 6 nitrogen and oxygen atoms in total. The average molecular weight is 521 g/mol. The van der Waals surface area contributed by atoms with Crippen molar-refractivity contribution >= 4 is 23.5 Å². The molecule has 0 radical (unpaired) electrons. The van der Waals surface area contributed by atoms with E-state index in [2.05, 4.69) is 12.2 Å². The quantitative estimate of drug-likeness (QED) is 0.250. The number of nitrogens with one attached hydrogen (secondary N) is 1. The minimum Gasteiger partial charge on any atom is -0.480 e. The summed E-state index contributed by atoms with van der Waals surface area (Å²) in [6.45, 7) is 1.41. The summed E-state index contributed by atoms with van der Waals surface area (Å²) < 4.78 is 38.4. The van der Waals surface area contributed by atoms with Crippen molar-refractivity contribution in [1.82, 2.24) is 4.90 Å². The highest BCUT2D eigenvalue weighted by Gasteiger charge is 2.30. The third kappa shape index (κ3) is 11.1. The number of carbonyl (C=O) groups excluding carboxylic acids is 2. The highest BCUT2D eigenvalue weighted by molar-refractivity contribution is 5.97. The Balaban J connectivity index is 1.89. The van der Waals surface area contributed by atoms with Gasteiger partial charge in [-0.15, -0.1) is 0 Å². The number of hydrogen-bond donors (Lipinski definition) is 2. The smallest absolute Gasteiger partial charge is 0.416 e. The summed E-state index contributed by atoms with van der Waals surface area (Å²) in [5.74, 6) is -1.94. The predicted molar refractivity (Wildman–Crippen MR) is 136 cm³/mol. The number of amides is 2. The molecule has 2 rings (SSSR count). The first-order valence-electron chi connectivity index (χ1n) is 12.7. The Kier molecular flexibility index (Phi) is 12.1. The van der Waals surface area contributed by atoms with Gasteiger partial charge in [0.25, 0.3) is 5.91 Å². The van der Waals surface area contributed by atoms with E-state index in [1.165, 1.54) is 56.4 Å². The Hall–Kier alpha value is -3.36. The van der Waals surface area contributed by atoms with Crippen LogP contribution >= 0.6 is 0 Å². The van der Waals surface area contributed by atoms with Crippen molar-refractivity contribution in [2.45, 2.75) is 77.4 Å². The molecule has 0 bridgehead atoms. The Morgan fingerprint density at radius 1 is 0.838 bits per heavy atom. The lowest BCUT2D eigenvalue weighted by Gasteiger charge is -2.21. The zero-order valence-corrected chi connectivity index (χ0v) is 21.2. The summed E-state index contributed by atoms with van der Waals surface area (Å²) in [6.07, 6.45) is 5.03. The molecule has 0 fully saturated rings. The lowest BCUT2D eigenvalue weighted by atomic mass is 10.1. The number of halogens is 3. The first kappa shape index (κ1) is 29.9. The molecule has 2 amide bonds. The molecule has 0 aromatic heterocycles. The van der Waals surface area contributed by atoms with Gasteiger partial charge in [0.1, 0.15) is 6.54 Å². The van der Waals surface area contributed by atoms with Crippen LogP contribution in [0.25, 0.3) is 0 Å². The van der Waals surface area contributed by atoms with E-state index in [-0.39, 0.29) is 18.0 Å². The van der Waals surface area contributed by atoms with Crippen molar-refractivity contribution in [3.63, 3.8) is 0 Å². The van der Waals surface area contributed by atoms with Crippen molar-refractivity contribution in [3.05, 3.63) is 65.2 Å². The normalized spacial score (nSPS) is 11.2. The Bertz CT molecular complexity index is 1010. The number of benzene rings is 2. The molecule has 0 saturated carbocycles. The molecule has 0 atom stereocenters. The number of hydrogen-bond acceptors (Lipinski definition) is 3. The number of alkyl halides is 3. The topological polar surface area (TPSA) is 86.7 Å². The molecule has 9 heteroatoms. The van der Waals surface area contributed by atoms with Crippen molar-refractivity contribution in [1.29, 1.82) is 0 Å². The Labute approximate surface area is 215 Å². The third-order valence-corrected chi connectivity index (χ3v) is 5.94. The monoisotopic (exact) mass is 520 g/mol. The fraction of sp³-hybridized carbons (Fsp3) is 0.464. The molecular weight excluding hydrogens is 485 g/mol. The van der Waals surface area contributed by atoms with Crippen LogP contribution in [0.3, 0.4) is 0 Å². The van der Waals surface area contributed by atoms with Gasteiger partial charge in [-0.2, -0.15) is 13.2 Å². The molecule has 202 valence electrons. The van der Waals surface area contributed by atoms with Crippen molar-refractivity contribution in [3.8, 4) is 0 Å². The second-order valence-corrected chi connectivity index (χ2v) is 9.10. The molecule has 0 aliphatic rings. The maximum atomic E-state index is 12.9. The number of carbonyl (C=O) groups is 3. The van der Waals surface area contributed by atoms with Crippen LogP contribution in [0.15, 0.2) is 48.5 Å². The van der Waals surface area contributed by atoms with Gasteiger partial charge in [-0.1, -0.05) is 64.0 Å². The third-order valence-electron chi connectivity index (χ3n) is 5.94. The van der Waals surface area contributed by atoms with Gasteiger partial charge in [-0.05, 0) is 48.4 Å². The zero-order valence-electron chi connectivity index (χ0n) is 21.2. The minimum atomic E-state index is -4.49. The summed E-state index contributed by atoms with van der Waals surface area (Å²) in [5.41, 5.74) is 0.266. The maximum Gasteiger partial charge on any atom is 0.416 e. The predicted octanol–water partition coefficient (Wildman–Crippen LogP) is 6.90. The first-order valence-corrected chi connectivity index (χ1v) is 12.7. The van der Waals surface area contributed by atoms with Crippen LogP contribution in [0.1, 0.15) is 86.2 Å². The van der Waals surface area contributed by atoms with E-state index in [9.17, 15) is 32.7 Å². The fourth-order valence-electron chi connectivity index (χ4n) is 3.90. The molecular formula is C28H35F3N2O4. The van der Waals surface area contributed by atoms with E-state index >= 15 is 0 Å². The molecule has 2 aromatic rings. The zero-order chi connectivity index (χ0) is 27.3. The van der Waals surface area contributed by atoms with E-state index in [0.717, 1.165) is 36.3 Å². The number of carboxylic acids is 1. The number of rotatable bonds is 15. The molecule has 0 aliphatic carbocycles. The SMILES string of the molecule is CCCCCCCCCCC(=O)Nc1ccc(C(=O)N(CC(=O)O)Cc2ccc(C(F)(F)F)cc2)cc1. The van der Waals surface area contributed by atoms with Gasteiger partial charge in [0.15, 0.2) is 0 Å². The molecule has 2 N–H and O–H groups in total. The molecule has 0 heterocycles. The maximum absolute atomic E-state index is 12.9. The van der Waals surface area contributed by atoms with Crippen LogP contribution < -0.4 is 5.32 Å². The minimum absolute atomic E-state index is 0.111. The summed E-state index contributed by atoms with van der Waals surface area (Å²) in [6, 6.07) is 10.3. The van der Waals surface area contributed by atoms with Gasteiger partial charge < -0.3 is 15.3 Å². The molecule has 37 heavy (non-hydrogen) atoms. The van der Waals surface area contributed by atoms with Gasteiger partial charge in [0.05, 0.1) is 5.56 Å². The standard InChI is InChI=1S/C28H35F3N2O4/c1-2-3-4-5-6-7-8-9-10-25(34)32-24-17-13-22(14-18-24)27(37)33(20-26(35)36)19-21-11-15-23(16-12-21)28(29,30)31/h11-18H,2-10,19-20H2,1H3,(H,32,34)(H,35,36). The van der Waals surface area contributed by atoms with Crippen LogP contribution in [0.5, 0.6) is 0 Å². The van der Waals surface area contributed by atoms with Crippen LogP contribution in [0.2, 0.25) is 0 Å². The highest BCUT2D eigenvalue weighted by Crippen LogP contribution is 2.29. The summed E-state index contributed by atoms with van der Waals surface area (Å²) >= 11 is 0. The first-order chi connectivity index (χ1) is 17.6. The molecule has 0 unspecified atom stereocenters. The Morgan fingerprint density at radius 2 is 1.41 bits per heavy atom. The number of aliphatic carboxylic acids is 1. The average Bonchev–Trinajstić information content (AvgIpc) is 2.85. The van der Waals surface area contributed by atoms with Gasteiger partial charge in [-0.3, -0.25) is 14.4 Å². The van der Waals surface area contributed by atoms with E-state index in [1.54, 1.807) is 12.1 Å². The van der Waals surface area contributed by atoms with Gasteiger partial charge >= 0.3 is 12.1 Å². The van der Waals surface area contributed by atoms with Gasteiger partial charge in [-0.25, -0.2) is 0 Å². The van der Waals surface area contributed by atoms with Gasteiger partial charge in [0.2, 0.25) is 5.91 Å². The number of anilines is 1. The fourth-order valence-corrected chi connectivity index (χ4v) is 3.90. The summed E-state index contributed by atoms with van der Waals surface area (Å²) in [4.78, 5) is 37.5. The molecule has 0 saturated heterocycles. The van der Waals surface area contributed by atoms with Gasteiger partial charge in [0, 0.05) is 24.2 Å². The second kappa shape index (κ2) is 15.0. The largest absolute Gasteiger partial charge is 0.480 e. The van der Waals surface area contributed by atoms with E-state index in [0.29, 0.717) is 17.7 Å². The Morgan fingerprint density at radius 3 is 1.95 bits per heavy atom. The molecule has 0 spiro atoms. The number of carboxylic acid groups (broad SMARTS) is 1. The highest BCUT2D eigenvalue weighted by atomic mass is 19.4. The van der Waals surface area contributed by atoms with E-state index in [1.807, 2.05) is 0 Å². The van der Waals surface area contributed by atoms with E-state index < -0.39 is 30.2 Å². The number of unbranched alkanes of at least 4 members (excludes halogenated alkanes) is 7. The van der Waals surface area contributed by atoms with Crippen LogP contribution in [-0.2, 0) is 22.3 Å². The van der Waals surface area contributed by atoms with Crippen LogP contribution in [0.4, 0.5) is 18.9 Å². The summed E-state index contributed by atoms with van der Waals surface area (Å²) in [7, 11) is 0. The van der Waals surface area contributed by atoms with Crippen molar-refractivity contribution in [2.75, 3.05) is 11.9 Å². The van der Waals surface area contributed by atoms with Crippen LogP contribution in [-0.4, -0.2) is 34.3 Å². The summed E-state index contributed by atoms with van der Waals surface area (Å²) in [5, 5.41) is 12.0. The van der Waals surface area contributed by atoms with Crippen molar-refractivity contribution in [2.24, 2.45) is 0 Å². The molecule has 2 aromatic carbocycles. The van der Waals surface area contributed by atoms with E-state index in [4.69, 9.17) is 0 Å². The second-order valence-electron chi connectivity index (χ2n) is 9.10. The molecule has 0 aliphatic heterocycles. The number of nitrogens with zero attached hydrogens (tertiary/aromatic N) is 1. The lowest BCUT2D eigenvalue weighted by molar-refractivity contribution is -0.138.